The van der Waals surface area contributed by atoms with E-state index < -0.39 is 0 Å². The number of anilines is 1. The predicted molar refractivity (Wildman–Crippen MR) is 92.7 cm³/mol. The molecule has 0 N–H and O–H groups in total. The molecule has 1 atom stereocenters. The summed E-state index contributed by atoms with van der Waals surface area (Å²) in [5.41, 5.74) is 1.40. The van der Waals surface area contributed by atoms with Gasteiger partial charge in [-0.2, -0.15) is 0 Å². The smallest absolute Gasteiger partial charge is 0.253 e. The standard InChI is InChI=1S/C17H22N2O3S/c1-4-18(5-2)17(22)13-6-8-14(9-7-13)19-11-15(10-16(19)21)23-12(3)20/h6-9,15H,4-5,10-11H2,1-3H3. The third-order valence-corrected chi connectivity index (χ3v) is 4.88. The van der Waals surface area contributed by atoms with Crippen LogP contribution in [0.15, 0.2) is 24.3 Å². The first-order valence-electron chi connectivity index (χ1n) is 7.83. The van der Waals surface area contributed by atoms with Crippen LogP contribution in [-0.2, 0) is 9.59 Å². The summed E-state index contributed by atoms with van der Waals surface area (Å²) >= 11 is 1.22. The SMILES string of the molecule is CCN(CC)C(=O)c1ccc(N2CC(SC(C)=O)CC2=O)cc1. The molecule has 0 spiro atoms. The van der Waals surface area contributed by atoms with Gasteiger partial charge in [0, 0.05) is 49.5 Å². The Labute approximate surface area is 141 Å². The molecule has 1 aliphatic rings. The third kappa shape index (κ3) is 4.13. The van der Waals surface area contributed by atoms with Crippen molar-refractivity contribution >= 4 is 34.4 Å². The van der Waals surface area contributed by atoms with Gasteiger partial charge in [-0.25, -0.2) is 0 Å². The molecule has 1 fully saturated rings. The van der Waals surface area contributed by atoms with Gasteiger partial charge in [-0.15, -0.1) is 0 Å². The molecule has 2 amide bonds. The van der Waals surface area contributed by atoms with E-state index in [0.717, 1.165) is 5.69 Å². The van der Waals surface area contributed by atoms with Crippen molar-refractivity contribution in [3.63, 3.8) is 0 Å². The molecule has 1 aromatic carbocycles. The van der Waals surface area contributed by atoms with E-state index in [1.54, 1.807) is 34.1 Å². The van der Waals surface area contributed by atoms with Crippen LogP contribution in [0.25, 0.3) is 0 Å². The molecule has 0 aliphatic carbocycles. The highest BCUT2D eigenvalue weighted by Gasteiger charge is 2.31. The second kappa shape index (κ2) is 7.64. The summed E-state index contributed by atoms with van der Waals surface area (Å²) in [6.45, 7) is 7.30. The predicted octanol–water partition coefficient (Wildman–Crippen LogP) is 2.55. The fourth-order valence-electron chi connectivity index (χ4n) is 2.72. The number of benzene rings is 1. The van der Waals surface area contributed by atoms with Crippen LogP contribution in [0.5, 0.6) is 0 Å². The van der Waals surface area contributed by atoms with E-state index in [1.807, 2.05) is 13.8 Å². The second-order valence-electron chi connectivity index (χ2n) is 5.46. The van der Waals surface area contributed by atoms with Gasteiger partial charge in [0.1, 0.15) is 0 Å². The number of rotatable bonds is 5. The Morgan fingerprint density at radius 1 is 1.22 bits per heavy atom. The number of hydrogen-bond donors (Lipinski definition) is 0. The first kappa shape index (κ1) is 17.5. The molecule has 6 heteroatoms. The maximum atomic E-state index is 12.3. The lowest BCUT2D eigenvalue weighted by Gasteiger charge is -2.20. The van der Waals surface area contributed by atoms with E-state index >= 15 is 0 Å². The zero-order valence-electron chi connectivity index (χ0n) is 13.7. The minimum absolute atomic E-state index is 0.000639. The molecule has 1 aromatic rings. The van der Waals surface area contributed by atoms with Gasteiger partial charge in [0.05, 0.1) is 0 Å². The maximum absolute atomic E-state index is 12.3. The highest BCUT2D eigenvalue weighted by atomic mass is 32.2. The lowest BCUT2D eigenvalue weighted by Crippen LogP contribution is -2.30. The van der Waals surface area contributed by atoms with Gasteiger partial charge in [-0.05, 0) is 38.1 Å². The number of thioether (sulfide) groups is 1. The molecule has 1 saturated heterocycles. The van der Waals surface area contributed by atoms with Crippen LogP contribution in [0.3, 0.4) is 0 Å². The molecule has 23 heavy (non-hydrogen) atoms. The largest absolute Gasteiger partial charge is 0.339 e. The minimum atomic E-state index is -0.000639. The first-order valence-corrected chi connectivity index (χ1v) is 8.71. The Bertz CT molecular complexity index is 596. The van der Waals surface area contributed by atoms with Gasteiger partial charge in [-0.3, -0.25) is 14.4 Å². The van der Waals surface area contributed by atoms with Gasteiger partial charge >= 0.3 is 0 Å². The topological polar surface area (TPSA) is 57.7 Å². The lowest BCUT2D eigenvalue weighted by molar-refractivity contribution is -0.117. The Morgan fingerprint density at radius 3 is 2.35 bits per heavy atom. The molecule has 1 aliphatic heterocycles. The Hall–Kier alpha value is -1.82. The number of hydrogen-bond acceptors (Lipinski definition) is 4. The molecule has 0 aromatic heterocycles. The summed E-state index contributed by atoms with van der Waals surface area (Å²) in [6.07, 6.45) is 0.379. The number of carbonyl (C=O) groups excluding carboxylic acids is 3. The lowest BCUT2D eigenvalue weighted by atomic mass is 10.1. The van der Waals surface area contributed by atoms with E-state index in [1.165, 1.54) is 18.7 Å². The molecular weight excluding hydrogens is 312 g/mol. The molecule has 0 radical (unpaired) electrons. The normalized spacial score (nSPS) is 17.4. The van der Waals surface area contributed by atoms with Crippen molar-refractivity contribution in [3.8, 4) is 0 Å². The van der Waals surface area contributed by atoms with E-state index in [2.05, 4.69) is 0 Å². The van der Waals surface area contributed by atoms with Gasteiger partial charge < -0.3 is 9.80 Å². The highest BCUT2D eigenvalue weighted by Crippen LogP contribution is 2.28. The number of amides is 2. The summed E-state index contributed by atoms with van der Waals surface area (Å²) in [5, 5.41) is 0.0433. The van der Waals surface area contributed by atoms with Crippen LogP contribution in [0, 0.1) is 0 Å². The summed E-state index contributed by atoms with van der Waals surface area (Å²) in [6, 6.07) is 7.12. The maximum Gasteiger partial charge on any atom is 0.253 e. The van der Waals surface area contributed by atoms with Crippen molar-refractivity contribution in [1.29, 1.82) is 0 Å². The number of nitrogens with zero attached hydrogens (tertiary/aromatic N) is 2. The van der Waals surface area contributed by atoms with E-state index in [-0.39, 0.29) is 22.2 Å². The van der Waals surface area contributed by atoms with Crippen molar-refractivity contribution < 1.29 is 14.4 Å². The average Bonchev–Trinajstić information content (AvgIpc) is 2.88. The fourth-order valence-corrected chi connectivity index (χ4v) is 3.63. The molecule has 5 nitrogen and oxygen atoms in total. The van der Waals surface area contributed by atoms with Crippen LogP contribution in [0.2, 0.25) is 0 Å². The molecule has 2 rings (SSSR count). The summed E-state index contributed by atoms with van der Waals surface area (Å²) in [4.78, 5) is 39.0. The van der Waals surface area contributed by atoms with Crippen LogP contribution < -0.4 is 4.90 Å². The summed E-state index contributed by atoms with van der Waals surface area (Å²) in [7, 11) is 0. The quantitative estimate of drug-likeness (QED) is 0.830. The van der Waals surface area contributed by atoms with Crippen molar-refractivity contribution in [2.75, 3.05) is 24.5 Å². The molecule has 124 valence electrons. The Morgan fingerprint density at radius 2 is 1.83 bits per heavy atom. The van der Waals surface area contributed by atoms with Crippen molar-refractivity contribution in [2.24, 2.45) is 0 Å². The Balaban J connectivity index is 2.09. The van der Waals surface area contributed by atoms with E-state index in [4.69, 9.17) is 0 Å². The summed E-state index contributed by atoms with van der Waals surface area (Å²) in [5.74, 6) is 0.0193. The Kier molecular flexibility index (Phi) is 5.82. The molecule has 1 unspecified atom stereocenters. The zero-order chi connectivity index (χ0) is 17.0. The molecular formula is C17H22N2O3S. The van der Waals surface area contributed by atoms with Crippen LogP contribution in [-0.4, -0.2) is 46.7 Å². The monoisotopic (exact) mass is 334 g/mol. The highest BCUT2D eigenvalue weighted by molar-refractivity contribution is 8.14. The van der Waals surface area contributed by atoms with Crippen LogP contribution >= 0.6 is 11.8 Å². The molecule has 1 heterocycles. The van der Waals surface area contributed by atoms with Crippen LogP contribution in [0.4, 0.5) is 5.69 Å². The molecule has 0 bridgehead atoms. The van der Waals surface area contributed by atoms with Crippen molar-refractivity contribution in [2.45, 2.75) is 32.4 Å². The van der Waals surface area contributed by atoms with Crippen LogP contribution in [0.1, 0.15) is 37.6 Å². The van der Waals surface area contributed by atoms with Gasteiger partial charge in [-0.1, -0.05) is 11.8 Å². The zero-order valence-corrected chi connectivity index (χ0v) is 14.6. The summed E-state index contributed by atoms with van der Waals surface area (Å²) < 4.78 is 0. The van der Waals surface area contributed by atoms with E-state index in [0.29, 0.717) is 31.6 Å². The van der Waals surface area contributed by atoms with Gasteiger partial charge in [0.25, 0.3) is 5.91 Å². The number of carbonyl (C=O) groups is 3. The molecule has 0 saturated carbocycles. The van der Waals surface area contributed by atoms with E-state index in [9.17, 15) is 14.4 Å². The van der Waals surface area contributed by atoms with Gasteiger partial charge in [0.15, 0.2) is 5.12 Å². The first-order chi connectivity index (χ1) is 11.0. The fraction of sp³-hybridized carbons (Fsp3) is 0.471. The van der Waals surface area contributed by atoms with Crippen molar-refractivity contribution in [1.82, 2.24) is 4.90 Å². The minimum Gasteiger partial charge on any atom is -0.339 e. The average molecular weight is 334 g/mol. The van der Waals surface area contributed by atoms with Gasteiger partial charge in [0.2, 0.25) is 5.91 Å². The van der Waals surface area contributed by atoms with Crippen molar-refractivity contribution in [3.05, 3.63) is 29.8 Å². The third-order valence-electron chi connectivity index (χ3n) is 3.90. The second-order valence-corrected chi connectivity index (χ2v) is 6.94.